The summed E-state index contributed by atoms with van der Waals surface area (Å²) in [4.78, 5) is 9.56. The Kier molecular flexibility index (Phi) is 6.65. The lowest BCUT2D eigenvalue weighted by Gasteiger charge is -2.71. The van der Waals surface area contributed by atoms with E-state index in [1.807, 2.05) is 24.4 Å². The summed E-state index contributed by atoms with van der Waals surface area (Å²) in [6, 6.07) is 11.3. The number of allylic oxidation sites excluding steroid dienone is 2. The Labute approximate surface area is 290 Å². The number of halogens is 1. The van der Waals surface area contributed by atoms with E-state index in [2.05, 4.69) is 70.7 Å². The number of hydrogen-bond acceptors (Lipinski definition) is 5. The van der Waals surface area contributed by atoms with E-state index >= 15 is 0 Å². The standard InChI is InChI=1S/C43H51FN4O/c1-25-14-17-43(38-48-47-37(49-38)27-9-8-20-45-24-27)19-18-41(6)31(35(43)26(25)2)11-13-34-40(5)23-29-21-28-22-30(44)10-12-32(28)46-36(29)39(3,4)33(40)15-16-42(34,41)7/h8-12,20-22,24-26,33-35H,13-19,23H2,1-7H3/t25-,26+,33+,34-,35+,40+,41-,42-,43+/m1/s1. The molecule has 9 rings (SSSR count). The van der Waals surface area contributed by atoms with Crippen LogP contribution in [0.4, 0.5) is 4.39 Å². The second-order valence-electron chi connectivity index (χ2n) is 18.2. The van der Waals surface area contributed by atoms with Gasteiger partial charge < -0.3 is 4.42 Å². The lowest BCUT2D eigenvalue weighted by atomic mass is 9.33. The number of benzene rings is 1. The predicted octanol–water partition coefficient (Wildman–Crippen LogP) is 10.4. The number of aromatic nitrogens is 4. The minimum absolute atomic E-state index is 0.0594. The normalized spacial score (nSPS) is 39.2. The molecule has 9 atom stereocenters. The van der Waals surface area contributed by atoms with Crippen molar-refractivity contribution in [3.05, 3.63) is 83.4 Å². The smallest absolute Gasteiger partial charge is 0.249 e. The maximum absolute atomic E-state index is 14.4. The van der Waals surface area contributed by atoms with Gasteiger partial charge in [0.1, 0.15) is 5.82 Å². The molecule has 3 aromatic heterocycles. The molecule has 0 amide bonds. The second-order valence-corrected chi connectivity index (χ2v) is 18.2. The van der Waals surface area contributed by atoms with Gasteiger partial charge in [-0.1, -0.05) is 60.1 Å². The van der Waals surface area contributed by atoms with Crippen molar-refractivity contribution in [1.82, 2.24) is 20.2 Å². The van der Waals surface area contributed by atoms with Gasteiger partial charge in [-0.3, -0.25) is 9.97 Å². The van der Waals surface area contributed by atoms with Crippen molar-refractivity contribution in [2.24, 2.45) is 45.8 Å². The number of hydrogen-bond donors (Lipinski definition) is 0. The molecule has 0 spiro atoms. The van der Waals surface area contributed by atoms with E-state index in [4.69, 9.17) is 14.5 Å². The third-order valence-corrected chi connectivity index (χ3v) is 15.9. The van der Waals surface area contributed by atoms with Crippen molar-refractivity contribution >= 4 is 10.9 Å². The Morgan fingerprint density at radius 1 is 0.898 bits per heavy atom. The van der Waals surface area contributed by atoms with E-state index in [1.165, 1.54) is 30.5 Å². The van der Waals surface area contributed by atoms with Crippen LogP contribution in [0.2, 0.25) is 0 Å². The molecule has 4 aromatic rings. The molecule has 0 unspecified atom stereocenters. The highest BCUT2D eigenvalue weighted by molar-refractivity contribution is 5.80. The molecule has 3 saturated carbocycles. The maximum Gasteiger partial charge on any atom is 0.249 e. The van der Waals surface area contributed by atoms with Crippen molar-refractivity contribution in [1.29, 1.82) is 0 Å². The third-order valence-electron chi connectivity index (χ3n) is 15.9. The molecule has 0 N–H and O–H groups in total. The number of nitrogens with zero attached hydrogens (tertiary/aromatic N) is 4. The molecule has 5 aliphatic rings. The molecular weight excluding hydrogens is 607 g/mol. The first kappa shape index (κ1) is 31.6. The van der Waals surface area contributed by atoms with E-state index in [1.54, 1.807) is 23.9 Å². The zero-order valence-corrected chi connectivity index (χ0v) is 30.3. The minimum Gasteiger partial charge on any atom is -0.420 e. The van der Waals surface area contributed by atoms with Gasteiger partial charge in [0.25, 0.3) is 0 Å². The molecule has 256 valence electrons. The lowest BCUT2D eigenvalue weighted by Crippen LogP contribution is -2.65. The van der Waals surface area contributed by atoms with Crippen molar-refractivity contribution in [2.45, 2.75) is 111 Å². The highest BCUT2D eigenvalue weighted by Crippen LogP contribution is 2.75. The highest BCUT2D eigenvalue weighted by Gasteiger charge is 2.69. The van der Waals surface area contributed by atoms with Crippen LogP contribution in [0.25, 0.3) is 22.4 Å². The molecule has 0 aliphatic heterocycles. The van der Waals surface area contributed by atoms with Crippen LogP contribution in [0.5, 0.6) is 0 Å². The van der Waals surface area contributed by atoms with Crippen LogP contribution in [-0.2, 0) is 17.3 Å². The summed E-state index contributed by atoms with van der Waals surface area (Å²) < 4.78 is 21.0. The van der Waals surface area contributed by atoms with Crippen LogP contribution in [0.15, 0.2) is 64.9 Å². The Hall–Kier alpha value is -3.41. The molecule has 6 heteroatoms. The lowest BCUT2D eigenvalue weighted by molar-refractivity contribution is -0.157. The molecule has 0 bridgehead atoms. The van der Waals surface area contributed by atoms with Gasteiger partial charge in [0, 0.05) is 23.2 Å². The fourth-order valence-electron chi connectivity index (χ4n) is 13.1. The molecule has 5 nitrogen and oxygen atoms in total. The van der Waals surface area contributed by atoms with Gasteiger partial charge in [0.2, 0.25) is 11.8 Å². The quantitative estimate of drug-likeness (QED) is 0.201. The molecule has 1 aromatic carbocycles. The summed E-state index contributed by atoms with van der Waals surface area (Å²) in [5, 5.41) is 10.4. The fourth-order valence-corrected chi connectivity index (χ4v) is 13.1. The van der Waals surface area contributed by atoms with E-state index in [0.717, 1.165) is 54.5 Å². The topological polar surface area (TPSA) is 64.7 Å². The van der Waals surface area contributed by atoms with Crippen molar-refractivity contribution in [2.75, 3.05) is 0 Å². The van der Waals surface area contributed by atoms with Crippen molar-refractivity contribution in [3.8, 4) is 11.5 Å². The van der Waals surface area contributed by atoms with Gasteiger partial charge in [-0.2, -0.15) is 0 Å². The monoisotopic (exact) mass is 658 g/mol. The Morgan fingerprint density at radius 3 is 2.53 bits per heavy atom. The molecule has 3 heterocycles. The van der Waals surface area contributed by atoms with Crippen LogP contribution in [0, 0.1) is 51.7 Å². The molecule has 0 saturated heterocycles. The number of pyridine rings is 2. The van der Waals surface area contributed by atoms with E-state index in [9.17, 15) is 4.39 Å². The second kappa shape index (κ2) is 10.3. The van der Waals surface area contributed by atoms with Crippen LogP contribution in [0.3, 0.4) is 0 Å². The molecule has 0 radical (unpaired) electrons. The Morgan fingerprint density at radius 2 is 1.73 bits per heavy atom. The van der Waals surface area contributed by atoms with Crippen LogP contribution >= 0.6 is 0 Å². The van der Waals surface area contributed by atoms with Gasteiger partial charge >= 0.3 is 0 Å². The minimum atomic E-state index is -0.190. The SMILES string of the molecule is C[C@H]1[C@H](C)CC[C@]2(c3nnc(-c4cccnc4)o3)CC[C@]3(C)C(=CC[C@@H]4[C@@]5(C)Cc6cc7cc(F)ccc7nc6C(C)(C)[C@@H]5CC[C@]43C)[C@H]12. The van der Waals surface area contributed by atoms with Crippen LogP contribution in [0.1, 0.15) is 111 Å². The summed E-state index contributed by atoms with van der Waals surface area (Å²) >= 11 is 0. The van der Waals surface area contributed by atoms with Crippen LogP contribution in [-0.4, -0.2) is 20.2 Å². The molecule has 5 aliphatic carbocycles. The van der Waals surface area contributed by atoms with E-state index in [-0.39, 0.29) is 32.9 Å². The largest absolute Gasteiger partial charge is 0.420 e. The van der Waals surface area contributed by atoms with Crippen molar-refractivity contribution in [3.63, 3.8) is 0 Å². The first-order valence-electron chi connectivity index (χ1n) is 18.9. The van der Waals surface area contributed by atoms with Gasteiger partial charge in [-0.05, 0) is 139 Å². The maximum atomic E-state index is 14.4. The Balaban J connectivity index is 1.14. The third kappa shape index (κ3) is 4.09. The summed E-state index contributed by atoms with van der Waals surface area (Å²) in [6.45, 7) is 17.8. The van der Waals surface area contributed by atoms with Crippen molar-refractivity contribution < 1.29 is 8.81 Å². The summed E-state index contributed by atoms with van der Waals surface area (Å²) in [7, 11) is 0. The fraction of sp³-hybridized carbons (Fsp3) is 0.581. The first-order chi connectivity index (χ1) is 23.3. The van der Waals surface area contributed by atoms with Gasteiger partial charge in [-0.25, -0.2) is 4.39 Å². The molecule has 3 fully saturated rings. The van der Waals surface area contributed by atoms with Crippen LogP contribution < -0.4 is 0 Å². The van der Waals surface area contributed by atoms with Gasteiger partial charge in [0.15, 0.2) is 0 Å². The summed E-state index contributed by atoms with van der Waals surface area (Å²) in [6.07, 6.45) is 15.4. The average molecular weight is 659 g/mol. The zero-order chi connectivity index (χ0) is 34.1. The first-order valence-corrected chi connectivity index (χ1v) is 18.9. The van der Waals surface area contributed by atoms with E-state index < -0.39 is 0 Å². The number of rotatable bonds is 2. The molecular formula is C43H51FN4O. The predicted molar refractivity (Wildman–Crippen MR) is 191 cm³/mol. The van der Waals surface area contributed by atoms with E-state index in [0.29, 0.717) is 35.5 Å². The van der Waals surface area contributed by atoms with Gasteiger partial charge in [0.05, 0.1) is 22.2 Å². The number of fused-ring (bicyclic) bond motifs is 9. The zero-order valence-electron chi connectivity index (χ0n) is 30.3. The average Bonchev–Trinajstić information content (AvgIpc) is 3.57. The molecule has 49 heavy (non-hydrogen) atoms. The van der Waals surface area contributed by atoms with Gasteiger partial charge in [-0.15, -0.1) is 10.2 Å². The summed E-state index contributed by atoms with van der Waals surface area (Å²) in [5.74, 6) is 3.87. The Bertz CT molecular complexity index is 2000. The summed E-state index contributed by atoms with van der Waals surface area (Å²) in [5.41, 5.74) is 6.19. The highest BCUT2D eigenvalue weighted by atomic mass is 19.1.